The standard InChI is InChI=1S/C26H34N2O3/c1-4-15-28(26(30)22-11-8-12-24(18-22)31-19-20(2)3)23-13-16-27(17-14-23)25(29)21-9-6-5-7-10-21/h5-12,18,20,23H,4,13-17,19H2,1-3H3. The van der Waals surface area contributed by atoms with Crippen molar-refractivity contribution >= 4 is 11.8 Å². The summed E-state index contributed by atoms with van der Waals surface area (Å²) in [5.41, 5.74) is 1.39. The Morgan fingerprint density at radius 2 is 1.71 bits per heavy atom. The van der Waals surface area contributed by atoms with Gasteiger partial charge in [0.1, 0.15) is 5.75 Å². The molecule has 1 saturated heterocycles. The van der Waals surface area contributed by atoms with Gasteiger partial charge in [-0.25, -0.2) is 0 Å². The van der Waals surface area contributed by atoms with Crippen LogP contribution in [0.15, 0.2) is 54.6 Å². The molecule has 166 valence electrons. The number of amides is 2. The SMILES string of the molecule is CCCN(C(=O)c1cccc(OCC(C)C)c1)C1CCN(C(=O)c2ccccc2)CC1. The number of benzene rings is 2. The highest BCUT2D eigenvalue weighted by Crippen LogP contribution is 2.23. The molecule has 0 aromatic heterocycles. The van der Waals surface area contributed by atoms with Crippen LogP contribution in [0.1, 0.15) is 60.7 Å². The van der Waals surface area contributed by atoms with Crippen molar-refractivity contribution in [3.8, 4) is 5.75 Å². The fraction of sp³-hybridized carbons (Fsp3) is 0.462. The number of piperidine rings is 1. The lowest BCUT2D eigenvalue weighted by Crippen LogP contribution is -2.49. The summed E-state index contributed by atoms with van der Waals surface area (Å²) >= 11 is 0. The van der Waals surface area contributed by atoms with Crippen LogP contribution in [-0.4, -0.2) is 53.9 Å². The molecule has 1 fully saturated rings. The number of hydrogen-bond acceptors (Lipinski definition) is 3. The highest BCUT2D eigenvalue weighted by molar-refractivity contribution is 5.95. The minimum atomic E-state index is 0.0460. The number of carbonyl (C=O) groups is 2. The quantitative estimate of drug-likeness (QED) is 0.609. The van der Waals surface area contributed by atoms with Crippen LogP contribution in [0.2, 0.25) is 0 Å². The van der Waals surface area contributed by atoms with Crippen LogP contribution >= 0.6 is 0 Å². The molecule has 5 nitrogen and oxygen atoms in total. The molecule has 2 aromatic rings. The van der Waals surface area contributed by atoms with Gasteiger partial charge in [-0.05, 0) is 55.5 Å². The van der Waals surface area contributed by atoms with E-state index in [9.17, 15) is 9.59 Å². The smallest absolute Gasteiger partial charge is 0.254 e. The molecule has 2 amide bonds. The molecule has 0 N–H and O–H groups in total. The summed E-state index contributed by atoms with van der Waals surface area (Å²) < 4.78 is 5.81. The van der Waals surface area contributed by atoms with Crippen LogP contribution in [0.5, 0.6) is 5.75 Å². The van der Waals surface area contributed by atoms with Crippen LogP contribution in [0.25, 0.3) is 0 Å². The minimum Gasteiger partial charge on any atom is -0.493 e. The summed E-state index contributed by atoms with van der Waals surface area (Å²) in [4.78, 5) is 30.0. The van der Waals surface area contributed by atoms with Gasteiger partial charge in [-0.3, -0.25) is 9.59 Å². The summed E-state index contributed by atoms with van der Waals surface area (Å²) in [6, 6.07) is 17.0. The zero-order chi connectivity index (χ0) is 22.2. The van der Waals surface area contributed by atoms with Gasteiger partial charge in [0.25, 0.3) is 11.8 Å². The highest BCUT2D eigenvalue weighted by atomic mass is 16.5. The Balaban J connectivity index is 1.65. The van der Waals surface area contributed by atoms with Gasteiger partial charge in [0.05, 0.1) is 6.61 Å². The monoisotopic (exact) mass is 422 g/mol. The Hall–Kier alpha value is -2.82. The van der Waals surface area contributed by atoms with Gasteiger partial charge in [0.15, 0.2) is 0 Å². The molecule has 5 heteroatoms. The number of carbonyl (C=O) groups excluding carboxylic acids is 2. The van der Waals surface area contributed by atoms with Gasteiger partial charge in [-0.2, -0.15) is 0 Å². The first-order chi connectivity index (χ1) is 15.0. The van der Waals surface area contributed by atoms with Crippen LogP contribution in [0.3, 0.4) is 0 Å². The van der Waals surface area contributed by atoms with E-state index in [4.69, 9.17) is 4.74 Å². The lowest BCUT2D eigenvalue weighted by molar-refractivity contribution is 0.0519. The number of ether oxygens (including phenoxy) is 1. The number of rotatable bonds is 8. The molecule has 0 radical (unpaired) electrons. The predicted molar refractivity (Wildman–Crippen MR) is 123 cm³/mol. The molecule has 0 spiro atoms. The third-order valence-corrected chi connectivity index (χ3v) is 5.60. The zero-order valence-corrected chi connectivity index (χ0v) is 18.9. The van der Waals surface area contributed by atoms with Crippen LogP contribution in [-0.2, 0) is 0 Å². The third kappa shape index (κ3) is 6.09. The summed E-state index contributed by atoms with van der Waals surface area (Å²) in [7, 11) is 0. The first kappa shape index (κ1) is 22.9. The van der Waals surface area contributed by atoms with Crippen molar-refractivity contribution in [1.29, 1.82) is 0 Å². The van der Waals surface area contributed by atoms with Crippen molar-refractivity contribution in [1.82, 2.24) is 9.80 Å². The summed E-state index contributed by atoms with van der Waals surface area (Å²) in [5.74, 6) is 1.28. The molecule has 0 atom stereocenters. The van der Waals surface area contributed by atoms with Gasteiger partial charge in [-0.1, -0.05) is 45.0 Å². The van der Waals surface area contributed by atoms with E-state index in [2.05, 4.69) is 20.8 Å². The van der Waals surface area contributed by atoms with Crippen molar-refractivity contribution in [3.05, 3.63) is 65.7 Å². The Bertz CT molecular complexity index is 858. The van der Waals surface area contributed by atoms with E-state index >= 15 is 0 Å². The second kappa shape index (κ2) is 11.0. The van der Waals surface area contributed by atoms with Gasteiger partial charge >= 0.3 is 0 Å². The maximum Gasteiger partial charge on any atom is 0.254 e. The van der Waals surface area contributed by atoms with E-state index in [1.54, 1.807) is 0 Å². The summed E-state index contributed by atoms with van der Waals surface area (Å²) in [6.07, 6.45) is 2.50. The summed E-state index contributed by atoms with van der Waals surface area (Å²) in [5, 5.41) is 0. The predicted octanol–water partition coefficient (Wildman–Crippen LogP) is 4.88. The lowest BCUT2D eigenvalue weighted by atomic mass is 10.0. The second-order valence-electron chi connectivity index (χ2n) is 8.62. The topological polar surface area (TPSA) is 49.9 Å². The molecule has 0 aliphatic carbocycles. The van der Waals surface area contributed by atoms with Crippen molar-refractivity contribution in [2.75, 3.05) is 26.2 Å². The first-order valence-corrected chi connectivity index (χ1v) is 11.4. The van der Waals surface area contributed by atoms with Crippen LogP contribution in [0.4, 0.5) is 0 Å². The molecule has 3 rings (SSSR count). The van der Waals surface area contributed by atoms with E-state index in [0.29, 0.717) is 37.7 Å². The number of hydrogen-bond donors (Lipinski definition) is 0. The Labute approximate surface area is 186 Å². The number of likely N-dealkylation sites (tertiary alicyclic amines) is 1. The maximum atomic E-state index is 13.4. The van der Waals surface area contributed by atoms with Crippen LogP contribution < -0.4 is 4.74 Å². The minimum absolute atomic E-state index is 0.0460. The average molecular weight is 423 g/mol. The van der Waals surface area contributed by atoms with E-state index in [1.807, 2.05) is 64.4 Å². The Kier molecular flexibility index (Phi) is 8.10. The molecule has 1 heterocycles. The molecular weight excluding hydrogens is 388 g/mol. The van der Waals surface area contributed by atoms with Gasteiger partial charge in [-0.15, -0.1) is 0 Å². The highest BCUT2D eigenvalue weighted by Gasteiger charge is 2.30. The lowest BCUT2D eigenvalue weighted by Gasteiger charge is -2.38. The molecule has 2 aromatic carbocycles. The molecule has 0 saturated carbocycles. The largest absolute Gasteiger partial charge is 0.493 e. The molecule has 0 unspecified atom stereocenters. The van der Waals surface area contributed by atoms with Gasteiger partial charge < -0.3 is 14.5 Å². The van der Waals surface area contributed by atoms with Crippen molar-refractivity contribution in [2.24, 2.45) is 5.92 Å². The Morgan fingerprint density at radius 3 is 2.35 bits per heavy atom. The normalized spacial score (nSPS) is 14.5. The van der Waals surface area contributed by atoms with E-state index in [0.717, 1.165) is 30.6 Å². The molecule has 0 bridgehead atoms. The van der Waals surface area contributed by atoms with Gasteiger partial charge in [0, 0.05) is 36.8 Å². The van der Waals surface area contributed by atoms with Crippen molar-refractivity contribution in [2.45, 2.75) is 46.1 Å². The average Bonchev–Trinajstić information content (AvgIpc) is 2.81. The number of nitrogens with zero attached hydrogens (tertiary/aromatic N) is 2. The third-order valence-electron chi connectivity index (χ3n) is 5.60. The second-order valence-corrected chi connectivity index (χ2v) is 8.62. The van der Waals surface area contributed by atoms with E-state index in [-0.39, 0.29) is 17.9 Å². The molecule has 1 aliphatic rings. The Morgan fingerprint density at radius 1 is 1.03 bits per heavy atom. The fourth-order valence-corrected chi connectivity index (χ4v) is 3.98. The van der Waals surface area contributed by atoms with Crippen LogP contribution in [0, 0.1) is 5.92 Å². The first-order valence-electron chi connectivity index (χ1n) is 11.4. The van der Waals surface area contributed by atoms with Crippen molar-refractivity contribution in [3.63, 3.8) is 0 Å². The summed E-state index contributed by atoms with van der Waals surface area (Å²) in [6.45, 7) is 8.99. The fourth-order valence-electron chi connectivity index (χ4n) is 3.98. The molecule has 31 heavy (non-hydrogen) atoms. The van der Waals surface area contributed by atoms with Gasteiger partial charge in [0.2, 0.25) is 0 Å². The molecular formula is C26H34N2O3. The van der Waals surface area contributed by atoms with E-state index < -0.39 is 0 Å². The zero-order valence-electron chi connectivity index (χ0n) is 18.9. The molecule has 1 aliphatic heterocycles. The maximum absolute atomic E-state index is 13.4. The van der Waals surface area contributed by atoms with E-state index in [1.165, 1.54) is 0 Å². The van der Waals surface area contributed by atoms with Crippen molar-refractivity contribution < 1.29 is 14.3 Å².